The number of nitrogens with two attached hydrogens (primary N) is 1. The largest absolute Gasteiger partial charge is 0.411 e. The summed E-state index contributed by atoms with van der Waals surface area (Å²) in [5.74, 6) is 0.204. The number of halogens is 3. The normalized spacial score (nSPS) is 17.9. The molecule has 3 rings (SSSR count). The first kappa shape index (κ1) is 11.1. The van der Waals surface area contributed by atoms with Gasteiger partial charge in [0.15, 0.2) is 11.5 Å². The zero-order valence-electron chi connectivity index (χ0n) is 9.20. The highest BCUT2D eigenvalue weighted by atomic mass is 19.4. The van der Waals surface area contributed by atoms with Crippen molar-refractivity contribution in [2.45, 2.75) is 24.6 Å². The summed E-state index contributed by atoms with van der Waals surface area (Å²) in [5, 5.41) is 2.44. The third kappa shape index (κ3) is 1.56. The van der Waals surface area contributed by atoms with Crippen LogP contribution in [-0.2, 0) is 0 Å². The third-order valence-electron chi connectivity index (χ3n) is 3.04. The second kappa shape index (κ2) is 3.27. The van der Waals surface area contributed by atoms with Gasteiger partial charge < -0.3 is 15.5 Å². The van der Waals surface area contributed by atoms with Gasteiger partial charge in [-0.05, 0) is 12.8 Å². The second-order valence-corrected chi connectivity index (χ2v) is 4.38. The van der Waals surface area contributed by atoms with Crippen LogP contribution in [0.4, 0.5) is 24.8 Å². The van der Waals surface area contributed by atoms with Crippen LogP contribution in [-0.4, -0.2) is 26.1 Å². The molecule has 0 aliphatic heterocycles. The van der Waals surface area contributed by atoms with E-state index in [1.807, 2.05) is 0 Å². The molecule has 0 amide bonds. The molecule has 8 heteroatoms. The van der Waals surface area contributed by atoms with E-state index in [1.54, 1.807) is 6.20 Å². The van der Waals surface area contributed by atoms with Crippen LogP contribution in [0.2, 0.25) is 0 Å². The lowest BCUT2D eigenvalue weighted by Gasteiger charge is -2.21. The van der Waals surface area contributed by atoms with Gasteiger partial charge >= 0.3 is 6.18 Å². The Labute approximate surface area is 99.8 Å². The number of anilines is 2. The number of fused-ring (bicyclic) bond motifs is 1. The Bertz CT molecular complexity index is 599. The van der Waals surface area contributed by atoms with Crippen molar-refractivity contribution >= 4 is 17.3 Å². The first-order chi connectivity index (χ1) is 8.41. The Balaban J connectivity index is 2.03. The summed E-state index contributed by atoms with van der Waals surface area (Å²) >= 11 is 0. The number of hydrogen-bond acceptors (Lipinski definition) is 4. The molecule has 96 valence electrons. The predicted octanol–water partition coefficient (Wildman–Crippen LogP) is 1.82. The van der Waals surface area contributed by atoms with Crippen molar-refractivity contribution in [1.29, 1.82) is 0 Å². The summed E-state index contributed by atoms with van der Waals surface area (Å²) in [7, 11) is 0. The molecule has 0 atom stereocenters. The van der Waals surface area contributed by atoms with E-state index in [2.05, 4.69) is 15.3 Å². The molecule has 1 saturated carbocycles. The van der Waals surface area contributed by atoms with E-state index in [4.69, 9.17) is 5.73 Å². The van der Waals surface area contributed by atoms with E-state index >= 15 is 0 Å². The highest BCUT2D eigenvalue weighted by molar-refractivity contribution is 5.66. The fourth-order valence-corrected chi connectivity index (χ4v) is 1.87. The molecule has 2 heterocycles. The fraction of sp³-hybridized carbons (Fsp3) is 0.400. The molecule has 2 aromatic heterocycles. The van der Waals surface area contributed by atoms with Crippen LogP contribution in [0.1, 0.15) is 12.8 Å². The van der Waals surface area contributed by atoms with Crippen LogP contribution in [0.3, 0.4) is 0 Å². The molecule has 5 nitrogen and oxygen atoms in total. The van der Waals surface area contributed by atoms with Gasteiger partial charge in [0.1, 0.15) is 11.4 Å². The number of rotatable bonds is 2. The summed E-state index contributed by atoms with van der Waals surface area (Å²) in [5.41, 5.74) is 4.01. The molecule has 0 bridgehead atoms. The van der Waals surface area contributed by atoms with Gasteiger partial charge in [-0.25, -0.2) is 9.97 Å². The Morgan fingerprint density at radius 1 is 1.39 bits per heavy atom. The van der Waals surface area contributed by atoms with Gasteiger partial charge in [-0.1, -0.05) is 0 Å². The molecule has 1 fully saturated rings. The first-order valence-corrected chi connectivity index (χ1v) is 5.35. The van der Waals surface area contributed by atoms with Crippen molar-refractivity contribution in [3.8, 4) is 0 Å². The minimum atomic E-state index is -4.30. The Kier molecular flexibility index (Phi) is 2.02. The zero-order valence-corrected chi connectivity index (χ0v) is 9.20. The van der Waals surface area contributed by atoms with E-state index in [0.717, 1.165) is 0 Å². The highest BCUT2D eigenvalue weighted by Gasteiger charge is 2.64. The lowest BCUT2D eigenvalue weighted by molar-refractivity contribution is -0.151. The second-order valence-electron chi connectivity index (χ2n) is 4.38. The molecular formula is C10H10F3N5. The number of nitrogens with zero attached hydrogens (tertiary/aromatic N) is 3. The molecule has 18 heavy (non-hydrogen) atoms. The number of imidazole rings is 1. The summed E-state index contributed by atoms with van der Waals surface area (Å²) < 4.78 is 40.1. The van der Waals surface area contributed by atoms with Gasteiger partial charge in [0.2, 0.25) is 0 Å². The SMILES string of the molecule is Nc1cn2ccnc2c(NC2(C(F)(F)F)CC2)n1. The van der Waals surface area contributed by atoms with Crippen molar-refractivity contribution in [2.75, 3.05) is 11.1 Å². The molecular weight excluding hydrogens is 247 g/mol. The summed E-state index contributed by atoms with van der Waals surface area (Å²) in [6, 6.07) is 0. The van der Waals surface area contributed by atoms with Crippen molar-refractivity contribution in [3.63, 3.8) is 0 Å². The number of aromatic nitrogens is 3. The Hall–Kier alpha value is -1.99. The van der Waals surface area contributed by atoms with Crippen molar-refractivity contribution in [1.82, 2.24) is 14.4 Å². The number of alkyl halides is 3. The summed E-state index contributed by atoms with van der Waals surface area (Å²) in [6.07, 6.45) is 0.365. The van der Waals surface area contributed by atoms with E-state index < -0.39 is 11.7 Å². The maximum atomic E-state index is 12.9. The molecule has 0 unspecified atom stereocenters. The molecule has 0 aromatic carbocycles. The maximum absolute atomic E-state index is 12.9. The Morgan fingerprint density at radius 3 is 2.72 bits per heavy atom. The average Bonchev–Trinajstić information content (AvgIpc) is 2.88. The smallest absolute Gasteiger partial charge is 0.382 e. The van der Waals surface area contributed by atoms with Gasteiger partial charge in [0, 0.05) is 12.4 Å². The maximum Gasteiger partial charge on any atom is 0.411 e. The van der Waals surface area contributed by atoms with Crippen LogP contribution in [0.5, 0.6) is 0 Å². The highest BCUT2D eigenvalue weighted by Crippen LogP contribution is 2.51. The summed E-state index contributed by atoms with van der Waals surface area (Å²) in [4.78, 5) is 7.86. The van der Waals surface area contributed by atoms with E-state index in [9.17, 15) is 13.2 Å². The number of hydrogen-bond donors (Lipinski definition) is 2. The van der Waals surface area contributed by atoms with Crippen LogP contribution < -0.4 is 11.1 Å². The molecule has 0 spiro atoms. The summed E-state index contributed by atoms with van der Waals surface area (Å²) in [6.45, 7) is 0. The predicted molar refractivity (Wildman–Crippen MR) is 59.0 cm³/mol. The van der Waals surface area contributed by atoms with Crippen LogP contribution in [0, 0.1) is 0 Å². The van der Waals surface area contributed by atoms with E-state index in [-0.39, 0.29) is 24.5 Å². The monoisotopic (exact) mass is 257 g/mol. The van der Waals surface area contributed by atoms with Gasteiger partial charge in [-0.2, -0.15) is 13.2 Å². The van der Waals surface area contributed by atoms with E-state index in [1.165, 1.54) is 16.8 Å². The zero-order chi connectivity index (χ0) is 13.0. The molecule has 0 saturated heterocycles. The molecule has 2 aromatic rings. The molecule has 3 N–H and O–H groups in total. The molecule has 1 aliphatic carbocycles. The fourth-order valence-electron chi connectivity index (χ4n) is 1.87. The number of nitrogen functional groups attached to an aromatic ring is 1. The number of nitrogens with one attached hydrogen (secondary N) is 1. The quantitative estimate of drug-likeness (QED) is 0.861. The Morgan fingerprint density at radius 2 is 2.11 bits per heavy atom. The standard InChI is InChI=1S/C10H10F3N5/c11-10(12,13)9(1-2-9)17-7-8-15-3-4-18(8)5-6(14)16-7/h3-5H,1-2,14H2,(H,16,17). The van der Waals surface area contributed by atoms with E-state index in [0.29, 0.717) is 5.65 Å². The van der Waals surface area contributed by atoms with Crippen LogP contribution >= 0.6 is 0 Å². The lowest BCUT2D eigenvalue weighted by Crippen LogP contribution is -2.39. The van der Waals surface area contributed by atoms with Gasteiger partial charge in [-0.3, -0.25) is 0 Å². The van der Waals surface area contributed by atoms with Crippen LogP contribution in [0.15, 0.2) is 18.6 Å². The van der Waals surface area contributed by atoms with Gasteiger partial charge in [-0.15, -0.1) is 0 Å². The lowest BCUT2D eigenvalue weighted by atomic mass is 10.2. The van der Waals surface area contributed by atoms with Gasteiger partial charge in [0.25, 0.3) is 0 Å². The molecule has 1 aliphatic rings. The minimum absolute atomic E-state index is 0.0415. The average molecular weight is 257 g/mol. The van der Waals surface area contributed by atoms with Crippen LogP contribution in [0.25, 0.3) is 5.65 Å². The topological polar surface area (TPSA) is 68.2 Å². The van der Waals surface area contributed by atoms with Gasteiger partial charge in [0.05, 0.1) is 6.20 Å². The third-order valence-corrected chi connectivity index (χ3v) is 3.04. The molecule has 0 radical (unpaired) electrons. The van der Waals surface area contributed by atoms with Crippen molar-refractivity contribution < 1.29 is 13.2 Å². The van der Waals surface area contributed by atoms with Crippen molar-refractivity contribution in [3.05, 3.63) is 18.6 Å². The van der Waals surface area contributed by atoms with Crippen molar-refractivity contribution in [2.24, 2.45) is 0 Å². The minimum Gasteiger partial charge on any atom is -0.382 e. The first-order valence-electron chi connectivity index (χ1n) is 5.35.